The lowest BCUT2D eigenvalue weighted by atomic mass is 10.0. The zero-order chi connectivity index (χ0) is 28.1. The van der Waals surface area contributed by atoms with Crippen LogP contribution in [-0.2, 0) is 30.4 Å². The number of phenols is 1. The van der Waals surface area contributed by atoms with Crippen LogP contribution in [0, 0.1) is 0 Å². The molecule has 0 spiro atoms. The summed E-state index contributed by atoms with van der Waals surface area (Å²) in [5.41, 5.74) is 16.8. The molecule has 1 aromatic rings. The number of nitrogens with two attached hydrogens (primary N) is 3. The quantitative estimate of drug-likeness (QED) is 0.100. The number of hydrogen-bond acceptors (Lipinski definition) is 9. The second-order valence-electron chi connectivity index (χ2n) is 8.61. The molecule has 37 heavy (non-hydrogen) atoms. The largest absolute Gasteiger partial charge is 0.508 e. The second kappa shape index (κ2) is 15.4. The van der Waals surface area contributed by atoms with Crippen molar-refractivity contribution >= 4 is 29.6 Å². The third-order valence-corrected chi connectivity index (χ3v) is 5.43. The molecule has 1 rings (SSSR count). The summed E-state index contributed by atoms with van der Waals surface area (Å²) in [6, 6.07) is 0.246. The number of aliphatic hydroxyl groups excluding tert-OH is 1. The van der Waals surface area contributed by atoms with Crippen LogP contribution in [-0.4, -0.2) is 81.7 Å². The first-order chi connectivity index (χ1) is 17.3. The number of primary amides is 1. The van der Waals surface area contributed by atoms with Crippen molar-refractivity contribution in [2.24, 2.45) is 17.2 Å². The van der Waals surface area contributed by atoms with Crippen LogP contribution in [0.1, 0.15) is 38.2 Å². The highest BCUT2D eigenvalue weighted by molar-refractivity contribution is 5.96. The van der Waals surface area contributed by atoms with Gasteiger partial charge < -0.3 is 48.5 Å². The highest BCUT2D eigenvalue weighted by atomic mass is 16.4. The van der Waals surface area contributed by atoms with Crippen LogP contribution in [0.2, 0.25) is 0 Å². The molecule has 12 N–H and O–H groups in total. The van der Waals surface area contributed by atoms with Gasteiger partial charge in [0.15, 0.2) is 0 Å². The molecule has 0 bridgehead atoms. The molecule has 0 aliphatic carbocycles. The molecule has 0 radical (unpaired) electrons. The predicted molar refractivity (Wildman–Crippen MR) is 132 cm³/mol. The minimum Gasteiger partial charge on any atom is -0.508 e. The second-order valence-corrected chi connectivity index (χ2v) is 8.61. The van der Waals surface area contributed by atoms with Gasteiger partial charge in [-0.15, -0.1) is 0 Å². The number of hydrogen-bond donors (Lipinski definition) is 9. The van der Waals surface area contributed by atoms with Crippen molar-refractivity contribution in [3.05, 3.63) is 29.8 Å². The monoisotopic (exact) mass is 524 g/mol. The van der Waals surface area contributed by atoms with E-state index in [0.29, 0.717) is 24.9 Å². The zero-order valence-electron chi connectivity index (χ0n) is 20.6. The Morgan fingerprint density at radius 2 is 1.43 bits per heavy atom. The van der Waals surface area contributed by atoms with Crippen molar-refractivity contribution in [1.29, 1.82) is 0 Å². The first-order valence-corrected chi connectivity index (χ1v) is 11.7. The minimum absolute atomic E-state index is 0.0254. The van der Waals surface area contributed by atoms with E-state index in [0.717, 1.165) is 0 Å². The SMILES string of the molecule is CC(O)C(N)C(=O)NC(Cc1ccc(O)cc1)C(=O)NC(CC(N)=O)C(=O)NC(CCCCN)C(=O)O. The summed E-state index contributed by atoms with van der Waals surface area (Å²) in [6.45, 7) is 1.63. The van der Waals surface area contributed by atoms with Gasteiger partial charge in [-0.25, -0.2) is 4.79 Å². The van der Waals surface area contributed by atoms with Gasteiger partial charge in [-0.3, -0.25) is 19.2 Å². The number of amides is 4. The van der Waals surface area contributed by atoms with Crippen molar-refractivity contribution in [2.75, 3.05) is 6.54 Å². The maximum Gasteiger partial charge on any atom is 0.326 e. The number of benzene rings is 1. The average molecular weight is 525 g/mol. The highest BCUT2D eigenvalue weighted by Gasteiger charge is 2.32. The van der Waals surface area contributed by atoms with Crippen molar-refractivity contribution in [3.63, 3.8) is 0 Å². The normalized spacial score (nSPS) is 14.9. The number of aliphatic hydroxyl groups is 1. The van der Waals surface area contributed by atoms with Crippen molar-refractivity contribution < 1.29 is 39.3 Å². The molecule has 0 saturated heterocycles. The van der Waals surface area contributed by atoms with Crippen molar-refractivity contribution in [1.82, 2.24) is 16.0 Å². The Hall–Kier alpha value is -3.75. The van der Waals surface area contributed by atoms with E-state index < -0.39 is 66.3 Å². The number of carbonyl (C=O) groups excluding carboxylic acids is 4. The Kier molecular flexibility index (Phi) is 13.0. The Morgan fingerprint density at radius 3 is 1.95 bits per heavy atom. The number of carbonyl (C=O) groups is 5. The van der Waals surface area contributed by atoms with Gasteiger partial charge >= 0.3 is 5.97 Å². The Labute approximate surface area is 213 Å². The predicted octanol–water partition coefficient (Wildman–Crippen LogP) is -2.81. The van der Waals surface area contributed by atoms with Crippen LogP contribution in [0.15, 0.2) is 24.3 Å². The summed E-state index contributed by atoms with van der Waals surface area (Å²) in [5.74, 6) is -4.97. The Balaban J connectivity index is 3.11. The Morgan fingerprint density at radius 1 is 0.892 bits per heavy atom. The van der Waals surface area contributed by atoms with Gasteiger partial charge in [0.1, 0.15) is 29.9 Å². The molecule has 0 aliphatic rings. The first-order valence-electron chi connectivity index (χ1n) is 11.7. The highest BCUT2D eigenvalue weighted by Crippen LogP contribution is 2.12. The van der Waals surface area contributed by atoms with Crippen molar-refractivity contribution in [3.8, 4) is 5.75 Å². The molecule has 0 saturated carbocycles. The molecule has 0 aromatic heterocycles. The van der Waals surface area contributed by atoms with Gasteiger partial charge in [0.25, 0.3) is 0 Å². The molecule has 5 atom stereocenters. The molecule has 0 heterocycles. The van der Waals surface area contributed by atoms with Gasteiger partial charge in [-0.2, -0.15) is 0 Å². The number of rotatable bonds is 16. The average Bonchev–Trinajstić information content (AvgIpc) is 2.82. The van der Waals surface area contributed by atoms with E-state index in [2.05, 4.69) is 16.0 Å². The lowest BCUT2D eigenvalue weighted by Gasteiger charge is -2.25. The molecule has 1 aromatic carbocycles. The van der Waals surface area contributed by atoms with Crippen LogP contribution in [0.25, 0.3) is 0 Å². The van der Waals surface area contributed by atoms with E-state index in [9.17, 15) is 39.3 Å². The van der Waals surface area contributed by atoms with Crippen LogP contribution in [0.4, 0.5) is 0 Å². The number of nitrogens with one attached hydrogen (secondary N) is 3. The number of carboxylic acids is 1. The van der Waals surface area contributed by atoms with Gasteiger partial charge in [-0.05, 0) is 50.4 Å². The van der Waals surface area contributed by atoms with Crippen LogP contribution in [0.5, 0.6) is 5.75 Å². The Bertz CT molecular complexity index is 940. The summed E-state index contributed by atoms with van der Waals surface area (Å²) in [7, 11) is 0. The molecule has 14 heteroatoms. The molecular formula is C23H36N6O8. The summed E-state index contributed by atoms with van der Waals surface area (Å²) in [5, 5.41) is 35.5. The van der Waals surface area contributed by atoms with E-state index in [1.165, 1.54) is 31.2 Å². The van der Waals surface area contributed by atoms with Crippen molar-refractivity contribution in [2.45, 2.75) is 69.3 Å². The molecule has 0 fully saturated rings. The molecule has 0 aliphatic heterocycles. The number of unbranched alkanes of at least 4 members (excludes halogenated alkanes) is 1. The van der Waals surface area contributed by atoms with Gasteiger partial charge in [0.05, 0.1) is 12.5 Å². The number of phenolic OH excluding ortho intramolecular Hbond substituents is 1. The topological polar surface area (TPSA) is 260 Å². The van der Waals surface area contributed by atoms with Crippen LogP contribution < -0.4 is 33.2 Å². The fourth-order valence-corrected chi connectivity index (χ4v) is 3.27. The lowest BCUT2D eigenvalue weighted by molar-refractivity contribution is -0.142. The fraction of sp³-hybridized carbons (Fsp3) is 0.522. The van der Waals surface area contributed by atoms with Gasteiger partial charge in [-0.1, -0.05) is 12.1 Å². The fourth-order valence-electron chi connectivity index (χ4n) is 3.27. The van der Waals surface area contributed by atoms with E-state index in [4.69, 9.17) is 17.2 Å². The third kappa shape index (κ3) is 11.2. The summed E-state index contributed by atoms with van der Waals surface area (Å²) in [6.07, 6.45) is -0.935. The first kappa shape index (κ1) is 31.3. The smallest absolute Gasteiger partial charge is 0.326 e. The molecule has 4 amide bonds. The van der Waals surface area contributed by atoms with E-state index in [-0.39, 0.29) is 18.6 Å². The number of carboxylic acid groups (broad SMARTS) is 1. The van der Waals surface area contributed by atoms with Crippen LogP contribution in [0.3, 0.4) is 0 Å². The number of aliphatic carboxylic acids is 1. The van der Waals surface area contributed by atoms with E-state index in [1.54, 1.807) is 0 Å². The zero-order valence-corrected chi connectivity index (χ0v) is 20.6. The van der Waals surface area contributed by atoms with Gasteiger partial charge in [0, 0.05) is 6.42 Å². The molecular weight excluding hydrogens is 488 g/mol. The molecule has 206 valence electrons. The molecule has 14 nitrogen and oxygen atoms in total. The summed E-state index contributed by atoms with van der Waals surface area (Å²) in [4.78, 5) is 61.5. The van der Waals surface area contributed by atoms with E-state index >= 15 is 0 Å². The van der Waals surface area contributed by atoms with Gasteiger partial charge in [0.2, 0.25) is 23.6 Å². The number of aromatic hydroxyl groups is 1. The minimum atomic E-state index is -1.54. The third-order valence-electron chi connectivity index (χ3n) is 5.43. The standard InChI is InChI=1S/C23H36N6O8/c1-12(30)19(26)22(35)29-16(10-13-5-7-14(31)8-6-13)20(33)28-17(11-18(25)32)21(34)27-15(23(36)37)4-2-3-9-24/h5-8,12,15-17,19,30-31H,2-4,9-11,24,26H2,1H3,(H2,25,32)(H,27,34)(H,28,33)(H,29,35)(H,36,37). The maximum absolute atomic E-state index is 13.1. The molecule has 5 unspecified atom stereocenters. The maximum atomic E-state index is 13.1. The lowest BCUT2D eigenvalue weighted by Crippen LogP contribution is -2.59. The summed E-state index contributed by atoms with van der Waals surface area (Å²) >= 11 is 0. The van der Waals surface area contributed by atoms with Crippen LogP contribution >= 0.6 is 0 Å². The van der Waals surface area contributed by atoms with E-state index in [1.807, 2.05) is 0 Å². The summed E-state index contributed by atoms with van der Waals surface area (Å²) < 4.78 is 0.